The first-order valence-electron chi connectivity index (χ1n) is 33.1. The van der Waals surface area contributed by atoms with Gasteiger partial charge in [-0.25, -0.2) is 28.7 Å². The van der Waals surface area contributed by atoms with Gasteiger partial charge in [0.2, 0.25) is 28.5 Å². The fourth-order valence-corrected chi connectivity index (χ4v) is 19.5. The number of furan rings is 4. The Morgan fingerprint density at radius 1 is 0.384 bits per heavy atom. The molecular formula is C83H69N8O4S4+3. The SMILES string of the molecule is Cc1cc2c(cc1N1C=CN(C)[C@@H]1C)sc1c3ccccc3sc21.Cc1ccc2c(n1)oc1c3cc(C)c(-c4cccc[n+]4C)cc3oc21.Cc1ccc2c(n1)oc1c3ccc(C)c(-c4cccc[n+]4C)c3oc21.Cc1ccc2c(n1)sc1c3ccc(C)c(-c4cccc[n+]4C)c3sc21. The molecule has 0 radical (unpaired) electrons. The normalized spacial score (nSPS) is 13.3. The Kier molecular flexibility index (Phi) is 15.1. The van der Waals surface area contributed by atoms with Crippen LogP contribution in [0.3, 0.4) is 0 Å². The smallest absolute Gasteiger partial charge is 0.230 e. The first-order valence-corrected chi connectivity index (χ1v) is 36.3. The summed E-state index contributed by atoms with van der Waals surface area (Å²) in [6.07, 6.45) is 10.9. The van der Waals surface area contributed by atoms with E-state index < -0.39 is 0 Å². The van der Waals surface area contributed by atoms with Crippen molar-refractivity contribution in [1.29, 1.82) is 0 Å². The summed E-state index contributed by atoms with van der Waals surface area (Å²) in [4.78, 5) is 19.4. The molecule has 0 fully saturated rings. The number of hydrogen-bond donors (Lipinski definition) is 0. The number of rotatable bonds is 4. The second-order valence-electron chi connectivity index (χ2n) is 26.0. The van der Waals surface area contributed by atoms with E-state index in [1.54, 1.807) is 0 Å². The molecule has 1 atom stereocenters. The zero-order valence-corrected chi connectivity index (χ0v) is 60.2. The van der Waals surface area contributed by atoms with E-state index in [1.165, 1.54) is 93.6 Å². The molecule has 0 unspecified atom stereocenters. The van der Waals surface area contributed by atoms with Gasteiger partial charge in [-0.1, -0.05) is 36.4 Å². The standard InChI is InChI=1S/2C21H17N2O2.C21H17N2S2.C20H18N2S2/c1-12-7-9-14-18(17(12)16-6-4-5-11-23(16)3)24-20-15-10-8-13(2)22-21(15)25-19(14)20;1-12-10-16-18(11-15(12)17-6-4-5-9-23(17)3)24-19-14-8-7-13(2)22-21(14)25-20(16)19;1-12-7-9-14-18(17(12)16-6-4-5-11-23(16)3)24-20-15-10-8-13(2)22-21(15)25-19(14)20;1-12-10-15-18(11-16(12)22-9-8-21(3)13(22)2)24-19-14-6-4-5-7-17(14)23-20(15)19/h3*4-11H,1-3H3;4-11,13H,1-3H3/q3*+1;/t;;;13-/m...0/s1. The van der Waals surface area contributed by atoms with E-state index in [2.05, 4.69) is 242 Å². The van der Waals surface area contributed by atoms with Gasteiger partial charge in [0.25, 0.3) is 0 Å². The lowest BCUT2D eigenvalue weighted by atomic mass is 10.0. The Balaban J connectivity index is 0.0000000990. The van der Waals surface area contributed by atoms with Crippen molar-refractivity contribution in [3.63, 3.8) is 0 Å². The Labute approximate surface area is 586 Å². The predicted octanol–water partition coefficient (Wildman–Crippen LogP) is 21.6. The van der Waals surface area contributed by atoms with Crippen molar-refractivity contribution < 1.29 is 31.4 Å². The van der Waals surface area contributed by atoms with Crippen molar-refractivity contribution in [2.75, 3.05) is 11.9 Å². The average molecular weight is 1370 g/mol. The first-order chi connectivity index (χ1) is 48.0. The van der Waals surface area contributed by atoms with E-state index >= 15 is 0 Å². The van der Waals surface area contributed by atoms with Crippen LogP contribution in [0.15, 0.2) is 212 Å². The maximum absolute atomic E-state index is 6.32. The van der Waals surface area contributed by atoms with Crippen molar-refractivity contribution in [3.05, 3.63) is 234 Å². The van der Waals surface area contributed by atoms with Crippen molar-refractivity contribution >= 4 is 177 Å². The van der Waals surface area contributed by atoms with Crippen LogP contribution in [0.25, 0.3) is 160 Å². The fraction of sp³-hybridized carbons (Fsp3) is 0.157. The van der Waals surface area contributed by atoms with Gasteiger partial charge in [0, 0.05) is 110 Å². The van der Waals surface area contributed by atoms with Gasteiger partial charge < -0.3 is 27.5 Å². The van der Waals surface area contributed by atoms with Crippen LogP contribution in [0, 0.1) is 48.5 Å². The molecule has 0 bridgehead atoms. The third-order valence-corrected chi connectivity index (χ3v) is 24.4. The van der Waals surface area contributed by atoms with Gasteiger partial charge in [0.15, 0.2) is 46.5 Å². The molecule has 15 heterocycles. The fourth-order valence-electron chi connectivity index (χ4n) is 14.0. The predicted molar refractivity (Wildman–Crippen MR) is 412 cm³/mol. The Morgan fingerprint density at radius 3 is 1.58 bits per heavy atom. The minimum absolute atomic E-state index is 0.364. The molecule has 486 valence electrons. The molecule has 5 aromatic carbocycles. The third-order valence-electron chi connectivity index (χ3n) is 19.4. The summed E-state index contributed by atoms with van der Waals surface area (Å²) in [6, 6.07) is 57.5. The molecule has 19 aromatic rings. The molecule has 0 saturated carbocycles. The summed E-state index contributed by atoms with van der Waals surface area (Å²) < 4.78 is 40.7. The summed E-state index contributed by atoms with van der Waals surface area (Å²) >= 11 is 7.57. The molecule has 0 spiro atoms. The number of hydrogen-bond acceptors (Lipinski definition) is 13. The van der Waals surface area contributed by atoms with Crippen LogP contribution < -0.4 is 18.6 Å². The van der Waals surface area contributed by atoms with Crippen molar-refractivity contribution in [3.8, 4) is 33.8 Å². The molecule has 0 amide bonds. The topological polar surface area (TPSA) is 109 Å². The largest absolute Gasteiger partial charge is 0.452 e. The van der Waals surface area contributed by atoms with Crippen LogP contribution in [-0.4, -0.2) is 33.1 Å². The molecule has 0 saturated heterocycles. The van der Waals surface area contributed by atoms with Crippen LogP contribution in [0.5, 0.6) is 0 Å². The van der Waals surface area contributed by atoms with Gasteiger partial charge in [-0.2, -0.15) is 0 Å². The zero-order valence-electron chi connectivity index (χ0n) is 56.9. The van der Waals surface area contributed by atoms with Gasteiger partial charge in [-0.15, -0.1) is 45.3 Å². The van der Waals surface area contributed by atoms with E-state index in [0.717, 1.165) is 99.5 Å². The van der Waals surface area contributed by atoms with Crippen LogP contribution in [0.2, 0.25) is 0 Å². The third kappa shape index (κ3) is 10.4. The quantitative estimate of drug-likeness (QED) is 0.159. The van der Waals surface area contributed by atoms with Gasteiger partial charge in [0.1, 0.15) is 37.7 Å². The highest BCUT2D eigenvalue weighted by Crippen LogP contribution is 2.49. The molecule has 0 aliphatic carbocycles. The molecule has 0 N–H and O–H groups in total. The minimum Gasteiger partial charge on any atom is -0.452 e. The van der Waals surface area contributed by atoms with Gasteiger partial charge >= 0.3 is 0 Å². The number of thiophene rings is 4. The van der Waals surface area contributed by atoms with Crippen molar-refractivity contribution in [2.24, 2.45) is 21.1 Å². The van der Waals surface area contributed by atoms with Crippen molar-refractivity contribution in [1.82, 2.24) is 19.9 Å². The summed E-state index contributed by atoms with van der Waals surface area (Å²) in [6.45, 7) is 16.9. The van der Waals surface area contributed by atoms with E-state index in [0.29, 0.717) is 17.6 Å². The Bertz CT molecular complexity index is 6330. The Morgan fingerprint density at radius 2 is 0.909 bits per heavy atom. The molecule has 14 aromatic heterocycles. The second kappa shape index (κ2) is 24.1. The summed E-state index contributed by atoms with van der Waals surface area (Å²) in [7, 11) is 8.34. The maximum Gasteiger partial charge on any atom is 0.230 e. The molecule has 1 aliphatic heterocycles. The van der Waals surface area contributed by atoms with E-state index in [9.17, 15) is 0 Å². The number of nitrogens with zero attached hydrogens (tertiary/aromatic N) is 8. The van der Waals surface area contributed by atoms with E-state index in [1.807, 2.05) is 115 Å². The zero-order chi connectivity index (χ0) is 67.8. The number of pyridine rings is 6. The maximum atomic E-state index is 6.32. The lowest BCUT2D eigenvalue weighted by Crippen LogP contribution is -2.33. The Hall–Kier alpha value is -10.6. The highest BCUT2D eigenvalue weighted by atomic mass is 32.1. The number of fused-ring (bicyclic) bond motifs is 20. The molecule has 16 heteroatoms. The number of benzene rings is 5. The molecule has 1 aliphatic rings. The van der Waals surface area contributed by atoms with Crippen LogP contribution >= 0.6 is 45.3 Å². The lowest BCUT2D eigenvalue weighted by Gasteiger charge is -2.28. The average Bonchev–Trinajstić information content (AvgIpc) is 1.60. The lowest BCUT2D eigenvalue weighted by molar-refractivity contribution is -0.660. The van der Waals surface area contributed by atoms with Crippen LogP contribution in [0.4, 0.5) is 5.69 Å². The minimum atomic E-state index is 0.364. The van der Waals surface area contributed by atoms with Gasteiger partial charge in [-0.05, 0) is 169 Å². The number of aromatic nitrogens is 6. The summed E-state index contributed by atoms with van der Waals surface area (Å²) in [5, 5.41) is 9.24. The monoisotopic (exact) mass is 1370 g/mol. The van der Waals surface area contributed by atoms with Crippen LogP contribution in [0.1, 0.15) is 46.3 Å². The molecular weight excluding hydrogens is 1300 g/mol. The van der Waals surface area contributed by atoms with E-state index in [4.69, 9.17) is 22.7 Å². The van der Waals surface area contributed by atoms with Crippen LogP contribution in [-0.2, 0) is 21.1 Å². The second-order valence-corrected chi connectivity index (χ2v) is 30.1. The number of anilines is 1. The first kappa shape index (κ1) is 61.9. The molecule has 12 nitrogen and oxygen atoms in total. The molecule has 99 heavy (non-hydrogen) atoms. The highest BCUT2D eigenvalue weighted by Gasteiger charge is 2.27. The van der Waals surface area contributed by atoms with Crippen molar-refractivity contribution in [2.45, 2.75) is 61.6 Å². The highest BCUT2D eigenvalue weighted by molar-refractivity contribution is 7.37. The number of aryl methyl sites for hydroxylation is 10. The molecule has 20 rings (SSSR count). The van der Waals surface area contributed by atoms with E-state index in [-0.39, 0.29) is 0 Å². The van der Waals surface area contributed by atoms with Gasteiger partial charge in [0.05, 0.1) is 61.7 Å². The summed E-state index contributed by atoms with van der Waals surface area (Å²) in [5.41, 5.74) is 22.4. The summed E-state index contributed by atoms with van der Waals surface area (Å²) in [5.74, 6) is 0. The van der Waals surface area contributed by atoms with Gasteiger partial charge in [-0.3, -0.25) is 0 Å².